The van der Waals surface area contributed by atoms with Gasteiger partial charge in [0.2, 0.25) is 5.95 Å². The second-order valence-electron chi connectivity index (χ2n) is 12.9. The van der Waals surface area contributed by atoms with Crippen LogP contribution in [-0.2, 0) is 0 Å². The Morgan fingerprint density at radius 2 is 0.882 bits per heavy atom. The molecule has 0 saturated carbocycles. The number of hydrogen-bond acceptors (Lipinski definition) is 4. The van der Waals surface area contributed by atoms with Crippen LogP contribution in [0.1, 0.15) is 0 Å². The van der Waals surface area contributed by atoms with Gasteiger partial charge in [0.05, 0.1) is 22.1 Å². The number of fused-ring (bicyclic) bond motifs is 10. The Kier molecular flexibility index (Phi) is 6.05. The van der Waals surface area contributed by atoms with E-state index in [-0.39, 0.29) is 0 Å². The third kappa shape index (κ3) is 4.24. The van der Waals surface area contributed by atoms with Crippen LogP contribution in [0.25, 0.3) is 98.2 Å². The summed E-state index contributed by atoms with van der Waals surface area (Å²) in [6, 6.07) is 57.8. The van der Waals surface area contributed by atoms with Gasteiger partial charge in [-0.05, 0) is 48.5 Å². The maximum atomic E-state index is 5.15. The standard InChI is InChI=1S/C45H27N5S/c1-3-13-28(14-4-1)43-46-44(29-15-5-2-6-16-29)48-45(47-43)50-36-21-11-8-19-33(36)42-38(50)25-24-37-41(42)32-18-7-10-20-35(32)49(37)30-23-26-40-34(27-30)31-17-9-12-22-39(31)51-40/h1-27H. The van der Waals surface area contributed by atoms with E-state index >= 15 is 0 Å². The molecule has 0 amide bonds. The molecule has 238 valence electrons. The van der Waals surface area contributed by atoms with Gasteiger partial charge in [-0.15, -0.1) is 11.3 Å². The van der Waals surface area contributed by atoms with Crippen LogP contribution in [0.2, 0.25) is 0 Å². The Morgan fingerprint density at radius 3 is 1.53 bits per heavy atom. The molecule has 0 aliphatic rings. The molecule has 7 aromatic carbocycles. The molecule has 0 saturated heterocycles. The summed E-state index contributed by atoms with van der Waals surface area (Å²) in [4.78, 5) is 15.3. The van der Waals surface area contributed by atoms with Crippen LogP contribution < -0.4 is 0 Å². The molecular formula is C45H27N5S. The number of rotatable bonds is 4. The average Bonchev–Trinajstić information content (AvgIpc) is 3.85. The third-order valence-electron chi connectivity index (χ3n) is 9.98. The summed E-state index contributed by atoms with van der Waals surface area (Å²) in [5.41, 5.74) is 7.48. The highest BCUT2D eigenvalue weighted by atomic mass is 32.1. The summed E-state index contributed by atoms with van der Waals surface area (Å²) >= 11 is 1.85. The highest BCUT2D eigenvalue weighted by Crippen LogP contribution is 2.43. The van der Waals surface area contributed by atoms with Crippen LogP contribution in [-0.4, -0.2) is 24.1 Å². The van der Waals surface area contributed by atoms with Gasteiger partial charge in [-0.2, -0.15) is 9.97 Å². The van der Waals surface area contributed by atoms with Gasteiger partial charge in [-0.25, -0.2) is 4.98 Å². The van der Waals surface area contributed by atoms with Gasteiger partial charge in [0.1, 0.15) is 0 Å². The predicted octanol–water partition coefficient (Wildman–Crippen LogP) is 11.8. The molecule has 11 aromatic rings. The fourth-order valence-electron chi connectivity index (χ4n) is 7.76. The first-order valence-corrected chi connectivity index (χ1v) is 17.9. The molecule has 51 heavy (non-hydrogen) atoms. The summed E-state index contributed by atoms with van der Waals surface area (Å²) in [5, 5.41) is 7.35. The van der Waals surface area contributed by atoms with Crippen molar-refractivity contribution < 1.29 is 0 Å². The summed E-state index contributed by atoms with van der Waals surface area (Å²) in [5.74, 6) is 1.87. The van der Waals surface area contributed by atoms with Crippen molar-refractivity contribution in [2.45, 2.75) is 0 Å². The number of thiophene rings is 1. The highest BCUT2D eigenvalue weighted by molar-refractivity contribution is 7.25. The molecule has 0 aliphatic carbocycles. The van der Waals surface area contributed by atoms with Crippen LogP contribution in [0.3, 0.4) is 0 Å². The van der Waals surface area contributed by atoms with E-state index in [1.54, 1.807) is 0 Å². The van der Waals surface area contributed by atoms with Crippen molar-refractivity contribution in [3.05, 3.63) is 164 Å². The fourth-order valence-corrected chi connectivity index (χ4v) is 8.85. The number of hydrogen-bond donors (Lipinski definition) is 0. The van der Waals surface area contributed by atoms with Crippen molar-refractivity contribution in [1.29, 1.82) is 0 Å². The largest absolute Gasteiger partial charge is 0.309 e. The van der Waals surface area contributed by atoms with Gasteiger partial charge < -0.3 is 4.57 Å². The highest BCUT2D eigenvalue weighted by Gasteiger charge is 2.22. The van der Waals surface area contributed by atoms with Crippen LogP contribution in [0, 0.1) is 0 Å². The maximum Gasteiger partial charge on any atom is 0.238 e. The second kappa shape index (κ2) is 10.9. The van der Waals surface area contributed by atoms with E-state index in [1.807, 2.05) is 47.7 Å². The van der Waals surface area contributed by atoms with Gasteiger partial charge in [-0.1, -0.05) is 115 Å². The van der Waals surface area contributed by atoms with Gasteiger partial charge >= 0.3 is 0 Å². The summed E-state index contributed by atoms with van der Waals surface area (Å²) in [6.07, 6.45) is 0. The lowest BCUT2D eigenvalue weighted by Gasteiger charge is -2.11. The SMILES string of the molecule is c1ccc(-c2nc(-c3ccccc3)nc(-n3c4ccccc4c4c5c6ccccc6n(-c6ccc7sc8ccccc8c7c6)c5ccc43)n2)cc1. The Bertz CT molecular complexity index is 3080. The molecule has 0 fully saturated rings. The van der Waals surface area contributed by atoms with E-state index in [9.17, 15) is 0 Å². The zero-order chi connectivity index (χ0) is 33.5. The molecule has 0 aliphatic heterocycles. The maximum absolute atomic E-state index is 5.15. The number of para-hydroxylation sites is 2. The molecule has 0 unspecified atom stereocenters. The van der Waals surface area contributed by atoms with Gasteiger partial charge in [0.15, 0.2) is 11.6 Å². The van der Waals surface area contributed by atoms with Crippen LogP contribution in [0.4, 0.5) is 0 Å². The van der Waals surface area contributed by atoms with Gasteiger partial charge in [0, 0.05) is 58.5 Å². The van der Waals surface area contributed by atoms with E-state index in [1.165, 1.54) is 41.8 Å². The minimum absolute atomic E-state index is 0.590. The molecule has 0 bridgehead atoms. The van der Waals surface area contributed by atoms with Crippen molar-refractivity contribution >= 4 is 75.1 Å². The molecule has 5 nitrogen and oxygen atoms in total. The van der Waals surface area contributed by atoms with Crippen molar-refractivity contribution in [1.82, 2.24) is 24.1 Å². The topological polar surface area (TPSA) is 48.5 Å². The Balaban J connectivity index is 1.23. The lowest BCUT2D eigenvalue weighted by atomic mass is 10.1. The first-order chi connectivity index (χ1) is 25.3. The van der Waals surface area contributed by atoms with E-state index < -0.39 is 0 Å². The zero-order valence-corrected chi connectivity index (χ0v) is 28.0. The fraction of sp³-hybridized carbons (Fsp3) is 0. The third-order valence-corrected chi connectivity index (χ3v) is 11.1. The van der Waals surface area contributed by atoms with Gasteiger partial charge in [0.25, 0.3) is 0 Å². The summed E-state index contributed by atoms with van der Waals surface area (Å²) < 4.78 is 7.24. The molecule has 0 spiro atoms. The minimum atomic E-state index is 0.590. The monoisotopic (exact) mass is 669 g/mol. The van der Waals surface area contributed by atoms with E-state index in [0.717, 1.165) is 38.8 Å². The smallest absolute Gasteiger partial charge is 0.238 e. The van der Waals surface area contributed by atoms with Crippen LogP contribution in [0.5, 0.6) is 0 Å². The molecule has 0 radical (unpaired) electrons. The second-order valence-corrected chi connectivity index (χ2v) is 13.9. The van der Waals surface area contributed by atoms with Crippen LogP contribution in [0.15, 0.2) is 164 Å². The number of aromatic nitrogens is 5. The normalized spacial score (nSPS) is 11.9. The molecular weight excluding hydrogens is 643 g/mol. The zero-order valence-electron chi connectivity index (χ0n) is 27.2. The quantitative estimate of drug-likeness (QED) is 0.187. The summed E-state index contributed by atoms with van der Waals surface area (Å²) in [6.45, 7) is 0. The molecule has 0 N–H and O–H groups in total. The van der Waals surface area contributed by atoms with E-state index in [4.69, 9.17) is 15.0 Å². The molecule has 6 heteroatoms. The predicted molar refractivity (Wildman–Crippen MR) is 212 cm³/mol. The Morgan fingerprint density at radius 1 is 0.373 bits per heavy atom. The first kappa shape index (κ1) is 28.2. The molecule has 0 atom stereocenters. The lowest BCUT2D eigenvalue weighted by molar-refractivity contribution is 0.953. The van der Waals surface area contributed by atoms with Crippen LogP contribution >= 0.6 is 11.3 Å². The minimum Gasteiger partial charge on any atom is -0.309 e. The molecule has 11 rings (SSSR count). The molecule has 4 aromatic heterocycles. The molecule has 4 heterocycles. The van der Waals surface area contributed by atoms with Crippen molar-refractivity contribution in [2.24, 2.45) is 0 Å². The first-order valence-electron chi connectivity index (χ1n) is 17.0. The Hall–Kier alpha value is -6.63. The van der Waals surface area contributed by atoms with Crippen molar-refractivity contribution in [2.75, 3.05) is 0 Å². The van der Waals surface area contributed by atoms with E-state index in [2.05, 4.69) is 137 Å². The Labute approximate surface area is 296 Å². The number of nitrogens with zero attached hydrogens (tertiary/aromatic N) is 5. The lowest BCUT2D eigenvalue weighted by Crippen LogP contribution is -2.06. The average molecular weight is 670 g/mol. The number of benzene rings is 7. The van der Waals surface area contributed by atoms with E-state index in [0.29, 0.717) is 17.6 Å². The summed E-state index contributed by atoms with van der Waals surface area (Å²) in [7, 11) is 0. The van der Waals surface area contributed by atoms with Crippen molar-refractivity contribution in [3.63, 3.8) is 0 Å². The van der Waals surface area contributed by atoms with Crippen molar-refractivity contribution in [3.8, 4) is 34.4 Å². The van der Waals surface area contributed by atoms with Gasteiger partial charge in [-0.3, -0.25) is 4.57 Å².